The second-order valence-electron chi connectivity index (χ2n) is 10.7. The van der Waals surface area contributed by atoms with Crippen molar-refractivity contribution in [3.05, 3.63) is 73.4 Å². The number of hydrogen-bond donors (Lipinski definition) is 0. The number of carbonyl (C=O) groups is 2. The van der Waals surface area contributed by atoms with Gasteiger partial charge in [-0.05, 0) is 0 Å². The number of fused-ring (bicyclic) bond motifs is 5. The minimum absolute atomic E-state index is 0.136. The first-order valence-electron chi connectivity index (χ1n) is 12.7. The molecule has 11 heteroatoms. The molecule has 0 amide bonds. The van der Waals surface area contributed by atoms with Crippen LogP contribution in [0.4, 0.5) is 0 Å². The van der Waals surface area contributed by atoms with Gasteiger partial charge in [0.1, 0.15) is 0 Å². The number of para-hydroxylation sites is 1. The molecule has 4 heterocycles. The molecule has 0 bridgehead atoms. The summed E-state index contributed by atoms with van der Waals surface area (Å²) in [5.41, 5.74) is 11.8. The third-order valence-electron chi connectivity index (χ3n) is 7.61. The molecule has 1 atom stereocenters. The summed E-state index contributed by atoms with van der Waals surface area (Å²) in [7, 11) is 0. The molecule has 2 aliphatic rings. The van der Waals surface area contributed by atoms with E-state index in [1.165, 1.54) is 6.92 Å². The van der Waals surface area contributed by atoms with Crippen LogP contribution in [0.25, 0.3) is 32.7 Å². The number of carbonyl (C=O) groups excluding carboxylic acids is 2. The topological polar surface area (TPSA) is 136 Å². The quantitative estimate of drug-likeness (QED) is 0.102. The van der Waals surface area contributed by atoms with E-state index in [0.29, 0.717) is 34.4 Å². The summed E-state index contributed by atoms with van der Waals surface area (Å²) in [6, 6.07) is 9.71. The molecule has 196 valence electrons. The van der Waals surface area contributed by atoms with Crippen LogP contribution in [-0.4, -0.2) is 40.1 Å². The average Bonchev–Trinajstić information content (AvgIpc) is 3.25. The molecule has 2 aliphatic heterocycles. The molecule has 0 saturated heterocycles. The van der Waals surface area contributed by atoms with Gasteiger partial charge in [-0.1, -0.05) is 0 Å². The van der Waals surface area contributed by atoms with Gasteiger partial charge in [-0.2, -0.15) is 0 Å². The van der Waals surface area contributed by atoms with Crippen molar-refractivity contribution in [2.75, 3.05) is 5.38 Å². The molecule has 3 aromatic rings. The number of pyridine rings is 2. The molecule has 0 aliphatic carbocycles. The number of aryl methyl sites for hydroxylation is 1. The van der Waals surface area contributed by atoms with E-state index < -0.39 is 30.8 Å². The van der Waals surface area contributed by atoms with Crippen LogP contribution in [0.3, 0.4) is 0 Å². The summed E-state index contributed by atoms with van der Waals surface area (Å²) >= 11 is -2.35. The number of cyclic esters (lactones) is 1. The normalized spacial score (nSPS) is 17.7. The summed E-state index contributed by atoms with van der Waals surface area (Å²) in [4.78, 5) is 46.6. The van der Waals surface area contributed by atoms with Crippen LogP contribution in [-0.2, 0) is 44.2 Å². The van der Waals surface area contributed by atoms with E-state index in [2.05, 4.69) is 27.6 Å². The van der Waals surface area contributed by atoms with Crippen LogP contribution in [0.2, 0.25) is 16.8 Å². The SMILES string of the molecule is CC[C@@]1(OC(C)=O)C(=O)OCc2c1cc1n(c2=O)Cc2c-1nc1ccccc1c2C[CH2][Ge]([CH3])([CH3])[CH2]N=[N+]=[N-]. The molecule has 0 fully saturated rings. The van der Waals surface area contributed by atoms with E-state index in [9.17, 15) is 14.4 Å². The van der Waals surface area contributed by atoms with Gasteiger partial charge in [0.2, 0.25) is 0 Å². The molecule has 2 aromatic heterocycles. The fourth-order valence-corrected chi connectivity index (χ4v) is 8.78. The third kappa shape index (κ3) is 4.17. The van der Waals surface area contributed by atoms with Gasteiger partial charge < -0.3 is 0 Å². The summed E-state index contributed by atoms with van der Waals surface area (Å²) in [5.74, 6) is 3.20. The van der Waals surface area contributed by atoms with Crippen molar-refractivity contribution in [2.45, 2.75) is 62.2 Å². The Morgan fingerprint density at radius 3 is 2.76 bits per heavy atom. The van der Waals surface area contributed by atoms with Crippen molar-refractivity contribution >= 4 is 36.1 Å². The van der Waals surface area contributed by atoms with Gasteiger partial charge in [0.05, 0.1) is 0 Å². The number of nitrogens with zero attached hydrogens (tertiary/aromatic N) is 5. The van der Waals surface area contributed by atoms with Gasteiger partial charge in [0.25, 0.3) is 0 Å². The Morgan fingerprint density at radius 2 is 2.05 bits per heavy atom. The number of esters is 2. The van der Waals surface area contributed by atoms with E-state index in [0.717, 1.165) is 33.7 Å². The van der Waals surface area contributed by atoms with E-state index in [1.807, 2.05) is 18.2 Å². The molecule has 38 heavy (non-hydrogen) atoms. The average molecular weight is 576 g/mol. The van der Waals surface area contributed by atoms with Crippen LogP contribution in [0, 0.1) is 0 Å². The van der Waals surface area contributed by atoms with Crippen molar-refractivity contribution in [3.63, 3.8) is 0 Å². The third-order valence-corrected chi connectivity index (χ3v) is 13.1. The standard InChI is InChI=1S/C27H29GeN5O5/c1-5-27(38-16(2)34)21-12-23-24-19(13-33(23)25(35)20(21)14-37-26(27)36)17(10-11-28(3,4)15-30-32-29)18-8-6-7-9-22(18)31-24/h6-9,12H,5,10-11,13-15H2,1-4H3/t27-/m0/s1. The van der Waals surface area contributed by atoms with E-state index in [4.69, 9.17) is 20.0 Å². The number of azide groups is 1. The van der Waals surface area contributed by atoms with Crippen molar-refractivity contribution in [1.82, 2.24) is 9.55 Å². The Balaban J connectivity index is 1.70. The van der Waals surface area contributed by atoms with Crippen LogP contribution in [0.5, 0.6) is 0 Å². The predicted molar refractivity (Wildman–Crippen MR) is 144 cm³/mol. The predicted octanol–water partition coefficient (Wildman–Crippen LogP) is 4.75. The van der Waals surface area contributed by atoms with E-state index >= 15 is 0 Å². The van der Waals surface area contributed by atoms with Gasteiger partial charge in [0, 0.05) is 0 Å². The zero-order chi connectivity index (χ0) is 27.2. The van der Waals surface area contributed by atoms with Crippen LogP contribution >= 0.6 is 0 Å². The van der Waals surface area contributed by atoms with Crippen LogP contribution in [0.15, 0.2) is 40.2 Å². The fraction of sp³-hybridized carbons (Fsp3) is 0.407. The van der Waals surface area contributed by atoms with E-state index in [1.54, 1.807) is 17.6 Å². The second kappa shape index (κ2) is 9.60. The first kappa shape index (κ1) is 26.0. The van der Waals surface area contributed by atoms with Crippen molar-refractivity contribution in [2.24, 2.45) is 5.11 Å². The van der Waals surface area contributed by atoms with Gasteiger partial charge >= 0.3 is 222 Å². The number of benzene rings is 1. The number of aromatic nitrogens is 2. The molecule has 0 radical (unpaired) electrons. The monoisotopic (exact) mass is 577 g/mol. The van der Waals surface area contributed by atoms with Crippen molar-refractivity contribution in [1.29, 1.82) is 0 Å². The summed E-state index contributed by atoms with van der Waals surface area (Å²) in [6.07, 6.45) is 0.923. The second-order valence-corrected chi connectivity index (χ2v) is 21.4. The van der Waals surface area contributed by atoms with Gasteiger partial charge in [-0.3, -0.25) is 0 Å². The summed E-state index contributed by atoms with van der Waals surface area (Å²) < 4.78 is 12.6. The Morgan fingerprint density at radius 1 is 1.29 bits per heavy atom. The molecule has 0 spiro atoms. The van der Waals surface area contributed by atoms with Gasteiger partial charge in [-0.25, -0.2) is 0 Å². The molecule has 10 nitrogen and oxygen atoms in total. The van der Waals surface area contributed by atoms with Gasteiger partial charge in [0.15, 0.2) is 0 Å². The maximum atomic E-state index is 13.8. The molecule has 5 rings (SSSR count). The zero-order valence-corrected chi connectivity index (χ0v) is 24.0. The van der Waals surface area contributed by atoms with Crippen molar-refractivity contribution < 1.29 is 19.1 Å². The van der Waals surface area contributed by atoms with Crippen LogP contribution < -0.4 is 5.56 Å². The Labute approximate surface area is 221 Å². The zero-order valence-electron chi connectivity index (χ0n) is 21.9. The van der Waals surface area contributed by atoms with E-state index in [-0.39, 0.29) is 18.6 Å². The summed E-state index contributed by atoms with van der Waals surface area (Å²) in [5, 5.41) is 6.42. The Bertz CT molecular complexity index is 1610. The molecule has 1 aromatic carbocycles. The molecule has 0 saturated carbocycles. The fourth-order valence-electron chi connectivity index (χ4n) is 5.57. The Kier molecular flexibility index (Phi) is 6.57. The summed E-state index contributed by atoms with van der Waals surface area (Å²) in [6.45, 7) is 3.15. The minimum atomic E-state index is -2.35. The maximum absolute atomic E-state index is 13.8. The number of ether oxygens (including phenoxy) is 2. The number of rotatable bonds is 7. The molecule has 0 N–H and O–H groups in total. The van der Waals surface area contributed by atoms with Crippen molar-refractivity contribution in [3.8, 4) is 11.4 Å². The van der Waals surface area contributed by atoms with Crippen LogP contribution in [0.1, 0.15) is 42.5 Å². The molecule has 0 unspecified atom stereocenters. The Hall–Kier alpha value is -3.63. The first-order valence-corrected chi connectivity index (χ1v) is 19.8. The molecular weight excluding hydrogens is 547 g/mol. The molecular formula is C27H29GeN5O5. The number of hydrogen-bond acceptors (Lipinski definition) is 7. The first-order chi connectivity index (χ1) is 18.1. The van der Waals surface area contributed by atoms with Gasteiger partial charge in [-0.15, -0.1) is 0 Å².